The Morgan fingerprint density at radius 1 is 1.15 bits per heavy atom. The lowest BCUT2D eigenvalue weighted by Crippen LogP contribution is -2.51. The minimum absolute atomic E-state index is 0.0325. The molecule has 0 aromatic heterocycles. The highest BCUT2D eigenvalue weighted by Crippen LogP contribution is 2.52. The number of carbonyl (C=O) groups is 1. The second-order valence-corrected chi connectivity index (χ2v) is 8.33. The van der Waals surface area contributed by atoms with Gasteiger partial charge in [-0.25, -0.2) is 0 Å². The molecule has 2 aliphatic heterocycles. The number of fused-ring (bicyclic) bond motifs is 2. The molecule has 1 aromatic rings. The van der Waals surface area contributed by atoms with Crippen LogP contribution >= 0.6 is 0 Å². The largest absolute Gasteiger partial charge is 0.390 e. The molecule has 1 aliphatic carbocycles. The lowest BCUT2D eigenvalue weighted by molar-refractivity contribution is -0.129. The summed E-state index contributed by atoms with van der Waals surface area (Å²) < 4.78 is 5.52. The molecule has 0 radical (unpaired) electrons. The van der Waals surface area contributed by atoms with Gasteiger partial charge in [-0.1, -0.05) is 29.8 Å². The van der Waals surface area contributed by atoms with Crippen LogP contribution in [0.3, 0.4) is 0 Å². The molecule has 0 unspecified atom stereocenters. The first-order chi connectivity index (χ1) is 13.0. The van der Waals surface area contributed by atoms with Gasteiger partial charge >= 0.3 is 0 Å². The number of benzene rings is 1. The van der Waals surface area contributed by atoms with Gasteiger partial charge in [0.25, 0.3) is 0 Å². The van der Waals surface area contributed by atoms with E-state index >= 15 is 0 Å². The summed E-state index contributed by atoms with van der Waals surface area (Å²) in [6, 6.07) is 8.55. The van der Waals surface area contributed by atoms with E-state index in [0.29, 0.717) is 13.1 Å². The number of amides is 1. The van der Waals surface area contributed by atoms with E-state index in [9.17, 15) is 9.90 Å². The van der Waals surface area contributed by atoms with Gasteiger partial charge in [-0.3, -0.25) is 9.69 Å². The predicted octanol–water partition coefficient (Wildman–Crippen LogP) is 2.26. The molecule has 5 heteroatoms. The quantitative estimate of drug-likeness (QED) is 0.812. The molecule has 1 aromatic carbocycles. The number of nitrogens with zero attached hydrogens (tertiary/aromatic N) is 2. The van der Waals surface area contributed by atoms with E-state index in [1.165, 1.54) is 11.1 Å². The number of hydrogen-bond acceptors (Lipinski definition) is 4. The average Bonchev–Trinajstić information content (AvgIpc) is 2.91. The summed E-state index contributed by atoms with van der Waals surface area (Å²) >= 11 is 0. The van der Waals surface area contributed by atoms with Crippen molar-refractivity contribution in [2.45, 2.75) is 44.2 Å². The minimum Gasteiger partial charge on any atom is -0.390 e. The maximum absolute atomic E-state index is 12.4. The summed E-state index contributed by atoms with van der Waals surface area (Å²) in [5.74, 6) is 0.0929. The van der Waals surface area contributed by atoms with Crippen molar-refractivity contribution in [2.24, 2.45) is 0 Å². The number of piperidine rings is 1. The lowest BCUT2D eigenvalue weighted by atomic mass is 9.72. The van der Waals surface area contributed by atoms with Crippen LogP contribution in [0.2, 0.25) is 0 Å². The number of aliphatic hydroxyl groups excluding tert-OH is 1. The molecule has 2 atom stereocenters. The van der Waals surface area contributed by atoms with E-state index in [1.807, 2.05) is 18.7 Å². The molecule has 1 amide bonds. The van der Waals surface area contributed by atoms with Crippen LogP contribution in [-0.4, -0.2) is 66.3 Å². The fraction of sp³-hybridized carbons (Fsp3) is 0.591. The first kappa shape index (κ1) is 18.7. The highest BCUT2D eigenvalue weighted by molar-refractivity contribution is 5.88. The van der Waals surface area contributed by atoms with Crippen LogP contribution in [0.25, 0.3) is 0 Å². The Kier molecular flexibility index (Phi) is 5.10. The van der Waals surface area contributed by atoms with Crippen LogP contribution in [0.15, 0.2) is 35.9 Å². The number of carbonyl (C=O) groups excluding carboxylic acids is 1. The minimum atomic E-state index is -0.436. The van der Waals surface area contributed by atoms with Gasteiger partial charge < -0.3 is 14.7 Å². The van der Waals surface area contributed by atoms with E-state index < -0.39 is 6.10 Å². The molecule has 2 fully saturated rings. The topological polar surface area (TPSA) is 53.0 Å². The first-order valence-electron chi connectivity index (χ1n) is 10.1. The van der Waals surface area contributed by atoms with Gasteiger partial charge in [0.15, 0.2) is 0 Å². The van der Waals surface area contributed by atoms with E-state index in [4.69, 9.17) is 4.74 Å². The number of rotatable bonds is 2. The Morgan fingerprint density at radius 2 is 1.81 bits per heavy atom. The molecule has 2 saturated heterocycles. The van der Waals surface area contributed by atoms with E-state index in [0.717, 1.165) is 44.7 Å². The number of morpholine rings is 1. The van der Waals surface area contributed by atoms with Gasteiger partial charge in [0.1, 0.15) is 0 Å². The standard InChI is InChI=1S/C22H30N2O3/c1-16(2)15-19(25)23-9-7-22(8-10-23)18-6-4-3-5-17(18)20(21(22)26)24-11-13-27-14-12-24/h3-6,15,20-21,26H,7-14H2,1-2H3/t20-,21+/m1/s1. The van der Waals surface area contributed by atoms with Crippen molar-refractivity contribution in [3.8, 4) is 0 Å². The molecule has 1 spiro atoms. The second kappa shape index (κ2) is 7.38. The van der Waals surface area contributed by atoms with E-state index in [1.54, 1.807) is 6.08 Å². The highest BCUT2D eigenvalue weighted by atomic mass is 16.5. The van der Waals surface area contributed by atoms with Crippen molar-refractivity contribution >= 4 is 5.91 Å². The van der Waals surface area contributed by atoms with Crippen LogP contribution in [0.5, 0.6) is 0 Å². The Balaban J connectivity index is 1.60. The SMILES string of the molecule is CC(C)=CC(=O)N1CCC2(CC1)c1ccccc1[C@@H](N1CCOCC1)[C@@H]2O. The number of allylic oxidation sites excluding steroid dienone is 1. The van der Waals surface area contributed by atoms with Crippen molar-refractivity contribution in [3.63, 3.8) is 0 Å². The van der Waals surface area contributed by atoms with Crippen molar-refractivity contribution in [2.75, 3.05) is 39.4 Å². The van der Waals surface area contributed by atoms with Crippen LogP contribution in [0.1, 0.15) is 43.9 Å². The van der Waals surface area contributed by atoms with Gasteiger partial charge in [0.2, 0.25) is 5.91 Å². The molecule has 0 bridgehead atoms. The zero-order chi connectivity index (χ0) is 19.0. The molecular weight excluding hydrogens is 340 g/mol. The van der Waals surface area contributed by atoms with Crippen molar-refractivity contribution in [1.82, 2.24) is 9.80 Å². The van der Waals surface area contributed by atoms with Gasteiger partial charge in [0, 0.05) is 37.7 Å². The third kappa shape index (κ3) is 3.22. The number of ether oxygens (including phenoxy) is 1. The van der Waals surface area contributed by atoms with Crippen molar-refractivity contribution in [3.05, 3.63) is 47.0 Å². The third-order valence-electron chi connectivity index (χ3n) is 6.50. The molecule has 4 rings (SSSR count). The smallest absolute Gasteiger partial charge is 0.246 e. The van der Waals surface area contributed by atoms with Crippen LogP contribution < -0.4 is 0 Å². The van der Waals surface area contributed by atoms with Gasteiger partial charge in [-0.15, -0.1) is 0 Å². The molecule has 2 heterocycles. The Hall–Kier alpha value is -1.69. The molecule has 146 valence electrons. The maximum Gasteiger partial charge on any atom is 0.246 e. The Labute approximate surface area is 161 Å². The van der Waals surface area contributed by atoms with Crippen LogP contribution in [0.4, 0.5) is 0 Å². The Bertz CT molecular complexity index is 727. The summed E-state index contributed by atoms with van der Waals surface area (Å²) in [6.45, 7) is 8.47. The van der Waals surface area contributed by atoms with Gasteiger partial charge in [-0.2, -0.15) is 0 Å². The zero-order valence-electron chi connectivity index (χ0n) is 16.4. The first-order valence-corrected chi connectivity index (χ1v) is 10.1. The molecular formula is C22H30N2O3. The average molecular weight is 370 g/mol. The summed E-state index contributed by atoms with van der Waals surface area (Å²) in [4.78, 5) is 16.7. The summed E-state index contributed by atoms with van der Waals surface area (Å²) in [6.07, 6.45) is 2.91. The van der Waals surface area contributed by atoms with Crippen molar-refractivity contribution < 1.29 is 14.6 Å². The molecule has 1 N–H and O–H groups in total. The highest BCUT2D eigenvalue weighted by Gasteiger charge is 2.54. The van der Waals surface area contributed by atoms with E-state index in [-0.39, 0.29) is 17.4 Å². The van der Waals surface area contributed by atoms with E-state index in [2.05, 4.69) is 29.2 Å². The van der Waals surface area contributed by atoms with Gasteiger partial charge in [0.05, 0.1) is 25.4 Å². The Morgan fingerprint density at radius 3 is 2.48 bits per heavy atom. The number of likely N-dealkylation sites (tertiary alicyclic amines) is 1. The summed E-state index contributed by atoms with van der Waals surface area (Å²) in [5, 5.41) is 11.5. The van der Waals surface area contributed by atoms with Crippen LogP contribution in [0, 0.1) is 0 Å². The predicted molar refractivity (Wildman–Crippen MR) is 105 cm³/mol. The summed E-state index contributed by atoms with van der Waals surface area (Å²) in [5.41, 5.74) is 3.32. The zero-order valence-corrected chi connectivity index (χ0v) is 16.4. The fourth-order valence-corrected chi connectivity index (χ4v) is 5.12. The monoisotopic (exact) mass is 370 g/mol. The maximum atomic E-state index is 12.4. The second-order valence-electron chi connectivity index (χ2n) is 8.33. The molecule has 0 saturated carbocycles. The normalized spacial score (nSPS) is 27.4. The number of hydrogen-bond donors (Lipinski definition) is 1. The fourth-order valence-electron chi connectivity index (χ4n) is 5.12. The lowest BCUT2D eigenvalue weighted by Gasteiger charge is -2.44. The number of aliphatic hydroxyl groups is 1. The van der Waals surface area contributed by atoms with Crippen LogP contribution in [-0.2, 0) is 14.9 Å². The summed E-state index contributed by atoms with van der Waals surface area (Å²) in [7, 11) is 0. The molecule has 3 aliphatic rings. The van der Waals surface area contributed by atoms with Crippen molar-refractivity contribution in [1.29, 1.82) is 0 Å². The third-order valence-corrected chi connectivity index (χ3v) is 6.50. The van der Waals surface area contributed by atoms with Gasteiger partial charge in [-0.05, 0) is 37.8 Å². The molecule has 27 heavy (non-hydrogen) atoms. The molecule has 5 nitrogen and oxygen atoms in total.